The molecule has 1 N–H and O–H groups in total. The van der Waals surface area contributed by atoms with Crippen LogP contribution in [-0.4, -0.2) is 39.5 Å². The van der Waals surface area contributed by atoms with Crippen LogP contribution in [0.2, 0.25) is 0 Å². The SMILES string of the molecule is Cc1ccc(-n2cc(CN3CCC[C@@H](CO)C3)c(-c3ccc(F)cc3)n2)cc1. The van der Waals surface area contributed by atoms with Crippen molar-refractivity contribution >= 4 is 0 Å². The lowest BCUT2D eigenvalue weighted by Gasteiger charge is -2.31. The first-order chi connectivity index (χ1) is 13.6. The van der Waals surface area contributed by atoms with Gasteiger partial charge in [-0.1, -0.05) is 17.7 Å². The first kappa shape index (κ1) is 18.8. The fourth-order valence-corrected chi connectivity index (χ4v) is 3.89. The summed E-state index contributed by atoms with van der Waals surface area (Å²) in [7, 11) is 0. The second-order valence-electron chi connectivity index (χ2n) is 7.72. The Hall–Kier alpha value is -2.50. The number of aromatic nitrogens is 2. The minimum Gasteiger partial charge on any atom is -0.396 e. The average Bonchev–Trinajstić information content (AvgIpc) is 3.13. The average molecular weight is 379 g/mol. The first-order valence-electron chi connectivity index (χ1n) is 9.87. The summed E-state index contributed by atoms with van der Waals surface area (Å²) in [4.78, 5) is 2.38. The summed E-state index contributed by atoms with van der Waals surface area (Å²) in [6.45, 7) is 5.00. The van der Waals surface area contributed by atoms with E-state index in [4.69, 9.17) is 5.10 Å². The van der Waals surface area contributed by atoms with Gasteiger partial charge in [0.2, 0.25) is 0 Å². The monoisotopic (exact) mass is 379 g/mol. The number of likely N-dealkylation sites (tertiary alicyclic amines) is 1. The number of nitrogens with zero attached hydrogens (tertiary/aromatic N) is 3. The van der Waals surface area contributed by atoms with E-state index in [0.29, 0.717) is 5.92 Å². The number of benzene rings is 2. The molecule has 0 aliphatic carbocycles. The van der Waals surface area contributed by atoms with Gasteiger partial charge in [-0.2, -0.15) is 5.10 Å². The Morgan fingerprint density at radius 3 is 2.57 bits per heavy atom. The lowest BCUT2D eigenvalue weighted by Crippen LogP contribution is -2.36. The van der Waals surface area contributed by atoms with E-state index in [2.05, 4.69) is 42.3 Å². The van der Waals surface area contributed by atoms with Crippen LogP contribution in [0.5, 0.6) is 0 Å². The van der Waals surface area contributed by atoms with Crippen molar-refractivity contribution in [3.63, 3.8) is 0 Å². The Kier molecular flexibility index (Phi) is 5.55. The quantitative estimate of drug-likeness (QED) is 0.723. The molecule has 1 fully saturated rings. The molecule has 0 unspecified atom stereocenters. The molecule has 4 nitrogen and oxygen atoms in total. The summed E-state index contributed by atoms with van der Waals surface area (Å²) >= 11 is 0. The highest BCUT2D eigenvalue weighted by atomic mass is 19.1. The molecule has 1 aromatic heterocycles. The van der Waals surface area contributed by atoms with Crippen LogP contribution in [0.1, 0.15) is 24.0 Å². The molecule has 2 heterocycles. The molecular formula is C23H26FN3O. The van der Waals surface area contributed by atoms with Crippen LogP contribution < -0.4 is 0 Å². The van der Waals surface area contributed by atoms with E-state index in [1.165, 1.54) is 17.7 Å². The molecule has 28 heavy (non-hydrogen) atoms. The second-order valence-corrected chi connectivity index (χ2v) is 7.72. The van der Waals surface area contributed by atoms with Crippen LogP contribution in [-0.2, 0) is 6.54 Å². The Labute approximate surface area is 165 Å². The van der Waals surface area contributed by atoms with E-state index in [1.807, 2.05) is 4.68 Å². The number of aliphatic hydroxyl groups excluding tert-OH is 1. The number of aryl methyl sites for hydroxylation is 1. The fourth-order valence-electron chi connectivity index (χ4n) is 3.89. The molecule has 1 aliphatic rings. The minimum atomic E-state index is -0.245. The summed E-state index contributed by atoms with van der Waals surface area (Å²) in [6.07, 6.45) is 4.26. The van der Waals surface area contributed by atoms with Gasteiger partial charge in [-0.25, -0.2) is 9.07 Å². The van der Waals surface area contributed by atoms with Gasteiger partial charge in [0.25, 0.3) is 0 Å². The molecule has 2 aromatic carbocycles. The van der Waals surface area contributed by atoms with Crippen molar-refractivity contribution in [3.05, 3.63) is 71.7 Å². The van der Waals surface area contributed by atoms with Gasteiger partial charge in [-0.05, 0) is 68.6 Å². The third-order valence-corrected chi connectivity index (χ3v) is 5.46. The number of piperidine rings is 1. The third-order valence-electron chi connectivity index (χ3n) is 5.46. The summed E-state index contributed by atoms with van der Waals surface area (Å²) in [5, 5.41) is 14.4. The van der Waals surface area contributed by atoms with Crippen molar-refractivity contribution in [2.45, 2.75) is 26.3 Å². The predicted molar refractivity (Wildman–Crippen MR) is 109 cm³/mol. The van der Waals surface area contributed by atoms with Crippen LogP contribution in [0.4, 0.5) is 4.39 Å². The van der Waals surface area contributed by atoms with Gasteiger partial charge in [0, 0.05) is 37.0 Å². The molecule has 0 radical (unpaired) electrons. The summed E-state index contributed by atoms with van der Waals surface area (Å²) in [6, 6.07) is 14.8. The molecule has 0 amide bonds. The highest BCUT2D eigenvalue weighted by Gasteiger charge is 2.22. The standard InChI is InChI=1S/C23H26FN3O/c1-17-4-10-22(11-5-17)27-15-20(14-26-12-2-3-18(13-26)16-28)23(25-27)19-6-8-21(24)9-7-19/h4-11,15,18,28H,2-3,12-14,16H2,1H3/t18-/m1/s1. The molecule has 0 bridgehead atoms. The molecule has 0 saturated carbocycles. The van der Waals surface area contributed by atoms with E-state index in [9.17, 15) is 9.50 Å². The molecule has 0 spiro atoms. The van der Waals surface area contributed by atoms with Crippen LogP contribution in [0.25, 0.3) is 16.9 Å². The fraction of sp³-hybridized carbons (Fsp3) is 0.348. The molecule has 3 aromatic rings. The van der Waals surface area contributed by atoms with Crippen LogP contribution in [0, 0.1) is 18.7 Å². The zero-order chi connectivity index (χ0) is 19.5. The smallest absolute Gasteiger partial charge is 0.123 e. The van der Waals surface area contributed by atoms with E-state index >= 15 is 0 Å². The van der Waals surface area contributed by atoms with Gasteiger partial charge >= 0.3 is 0 Å². The first-order valence-corrected chi connectivity index (χ1v) is 9.87. The largest absolute Gasteiger partial charge is 0.396 e. The van der Waals surface area contributed by atoms with Gasteiger partial charge in [0.1, 0.15) is 5.82 Å². The van der Waals surface area contributed by atoms with Gasteiger partial charge in [-0.15, -0.1) is 0 Å². The van der Waals surface area contributed by atoms with Crippen molar-refractivity contribution in [1.29, 1.82) is 0 Å². The maximum atomic E-state index is 13.4. The maximum Gasteiger partial charge on any atom is 0.123 e. The lowest BCUT2D eigenvalue weighted by molar-refractivity contribution is 0.116. The Morgan fingerprint density at radius 2 is 1.86 bits per heavy atom. The molecule has 5 heteroatoms. The Morgan fingerprint density at radius 1 is 1.11 bits per heavy atom. The van der Waals surface area contributed by atoms with Crippen LogP contribution in [0.3, 0.4) is 0 Å². The van der Waals surface area contributed by atoms with Crippen molar-refractivity contribution < 1.29 is 9.50 Å². The van der Waals surface area contributed by atoms with E-state index in [1.54, 1.807) is 12.1 Å². The number of hydrogen-bond acceptors (Lipinski definition) is 3. The van der Waals surface area contributed by atoms with Gasteiger partial charge in [0.15, 0.2) is 0 Å². The summed E-state index contributed by atoms with van der Waals surface area (Å²) < 4.78 is 15.3. The van der Waals surface area contributed by atoms with Crippen LogP contribution in [0.15, 0.2) is 54.7 Å². The van der Waals surface area contributed by atoms with Crippen molar-refractivity contribution in [2.24, 2.45) is 5.92 Å². The van der Waals surface area contributed by atoms with E-state index in [0.717, 1.165) is 55.0 Å². The zero-order valence-electron chi connectivity index (χ0n) is 16.2. The van der Waals surface area contributed by atoms with Crippen LogP contribution >= 0.6 is 0 Å². The third kappa shape index (κ3) is 4.16. The van der Waals surface area contributed by atoms with E-state index in [-0.39, 0.29) is 12.4 Å². The van der Waals surface area contributed by atoms with Gasteiger partial charge in [-0.3, -0.25) is 4.90 Å². The van der Waals surface area contributed by atoms with Gasteiger partial charge in [0.05, 0.1) is 11.4 Å². The Balaban J connectivity index is 1.68. The number of aliphatic hydroxyl groups is 1. The minimum absolute atomic E-state index is 0.240. The number of halogens is 1. The summed E-state index contributed by atoms with van der Waals surface area (Å²) in [5.41, 5.74) is 5.13. The highest BCUT2D eigenvalue weighted by Crippen LogP contribution is 2.27. The molecule has 146 valence electrons. The number of hydrogen-bond donors (Lipinski definition) is 1. The molecular weight excluding hydrogens is 353 g/mol. The zero-order valence-corrected chi connectivity index (χ0v) is 16.2. The van der Waals surface area contributed by atoms with Crippen molar-refractivity contribution in [1.82, 2.24) is 14.7 Å². The predicted octanol–water partition coefficient (Wildman–Crippen LogP) is 4.19. The highest BCUT2D eigenvalue weighted by molar-refractivity contribution is 5.63. The topological polar surface area (TPSA) is 41.3 Å². The number of rotatable bonds is 5. The normalized spacial score (nSPS) is 17.8. The molecule has 1 aliphatic heterocycles. The maximum absolute atomic E-state index is 13.4. The van der Waals surface area contributed by atoms with E-state index < -0.39 is 0 Å². The summed E-state index contributed by atoms with van der Waals surface area (Å²) in [5.74, 6) is 0.0975. The van der Waals surface area contributed by atoms with Crippen molar-refractivity contribution in [3.8, 4) is 16.9 Å². The Bertz CT molecular complexity index is 918. The second kappa shape index (κ2) is 8.25. The van der Waals surface area contributed by atoms with Crippen molar-refractivity contribution in [2.75, 3.05) is 19.7 Å². The molecule has 1 atom stereocenters. The van der Waals surface area contributed by atoms with Gasteiger partial charge < -0.3 is 5.11 Å². The molecule has 1 saturated heterocycles. The molecule has 4 rings (SSSR count). The lowest BCUT2D eigenvalue weighted by atomic mass is 9.98.